The van der Waals surface area contributed by atoms with Crippen LogP contribution in [0.1, 0.15) is 13.3 Å². The van der Waals surface area contributed by atoms with Crippen LogP contribution in [0.2, 0.25) is 0 Å². The number of aliphatic hydroxyl groups is 2. The molecule has 0 radical (unpaired) electrons. The lowest BCUT2D eigenvalue weighted by Gasteiger charge is -2.27. The zero-order valence-corrected chi connectivity index (χ0v) is 12.9. The number of rotatable bonds is 1. The van der Waals surface area contributed by atoms with Crippen molar-refractivity contribution in [1.82, 2.24) is 0 Å². The van der Waals surface area contributed by atoms with E-state index in [4.69, 9.17) is 9.47 Å². The van der Waals surface area contributed by atoms with Crippen molar-refractivity contribution in [3.8, 4) is 0 Å². The number of fused-ring (bicyclic) bond motifs is 3. The summed E-state index contributed by atoms with van der Waals surface area (Å²) in [6.07, 6.45) is -3.21. The second-order valence-corrected chi connectivity index (χ2v) is 6.47. The summed E-state index contributed by atoms with van der Waals surface area (Å²) in [5.41, 5.74) is 1.19. The quantitative estimate of drug-likeness (QED) is 0.415. The summed E-state index contributed by atoms with van der Waals surface area (Å²) in [4.78, 5) is 23.2. The van der Waals surface area contributed by atoms with E-state index in [0.29, 0.717) is 17.6 Å². The van der Waals surface area contributed by atoms with Gasteiger partial charge >= 0.3 is 11.9 Å². The van der Waals surface area contributed by atoms with Crippen LogP contribution >= 0.6 is 0 Å². The molecule has 2 N–H and O–H groups in total. The Morgan fingerprint density at radius 2 is 1.87 bits per heavy atom. The van der Waals surface area contributed by atoms with Crippen LogP contribution in [-0.4, -0.2) is 46.6 Å². The van der Waals surface area contributed by atoms with E-state index in [1.54, 1.807) is 0 Å². The molecular weight excluding hydrogens is 300 g/mol. The minimum absolute atomic E-state index is 0.138. The Bertz CT molecular complexity index is 621. The monoisotopic (exact) mass is 320 g/mol. The Hall–Kier alpha value is -1.92. The number of aliphatic hydroxyl groups excluding tert-OH is 2. The largest absolute Gasteiger partial charge is 0.458 e. The molecule has 2 saturated carbocycles. The van der Waals surface area contributed by atoms with E-state index in [9.17, 15) is 19.8 Å². The number of ether oxygens (including phenoxy) is 2. The topological polar surface area (TPSA) is 93.1 Å². The van der Waals surface area contributed by atoms with E-state index in [-0.39, 0.29) is 17.4 Å². The lowest BCUT2D eigenvalue weighted by Crippen LogP contribution is -2.38. The van der Waals surface area contributed by atoms with Gasteiger partial charge < -0.3 is 19.7 Å². The Labute approximate surface area is 134 Å². The number of hydrogen-bond acceptors (Lipinski definition) is 6. The lowest BCUT2D eigenvalue weighted by molar-refractivity contribution is -0.145. The molecule has 3 fully saturated rings. The third-order valence-corrected chi connectivity index (χ3v) is 5.21. The van der Waals surface area contributed by atoms with Crippen LogP contribution < -0.4 is 0 Å². The van der Waals surface area contributed by atoms with Crippen molar-refractivity contribution in [1.29, 1.82) is 0 Å². The van der Waals surface area contributed by atoms with Gasteiger partial charge in [0.1, 0.15) is 18.3 Å². The van der Waals surface area contributed by atoms with E-state index in [2.05, 4.69) is 19.7 Å². The maximum absolute atomic E-state index is 11.9. The average Bonchev–Trinajstić information content (AvgIpc) is 2.92. The second kappa shape index (κ2) is 5.32. The van der Waals surface area contributed by atoms with Gasteiger partial charge in [-0.15, -0.1) is 0 Å². The maximum Gasteiger partial charge on any atom is 0.334 e. The summed E-state index contributed by atoms with van der Waals surface area (Å²) in [6, 6.07) is 0. The van der Waals surface area contributed by atoms with Gasteiger partial charge in [0.15, 0.2) is 0 Å². The highest BCUT2D eigenvalue weighted by Crippen LogP contribution is 2.52. The summed E-state index contributed by atoms with van der Waals surface area (Å²) in [7, 11) is 0. The van der Waals surface area contributed by atoms with Crippen LogP contribution in [0.15, 0.2) is 36.5 Å². The maximum atomic E-state index is 11.9. The van der Waals surface area contributed by atoms with Crippen molar-refractivity contribution >= 4 is 11.9 Å². The molecule has 23 heavy (non-hydrogen) atoms. The fourth-order valence-electron chi connectivity index (χ4n) is 4.09. The Kier molecular flexibility index (Phi) is 3.69. The number of hydrogen-bond donors (Lipinski definition) is 2. The molecule has 0 aromatic heterocycles. The normalized spacial score (nSPS) is 42.8. The first-order chi connectivity index (χ1) is 10.7. The number of esters is 2. The van der Waals surface area contributed by atoms with Crippen molar-refractivity contribution in [3.05, 3.63) is 36.5 Å². The Morgan fingerprint density at radius 3 is 2.48 bits per heavy atom. The van der Waals surface area contributed by atoms with Crippen molar-refractivity contribution < 1.29 is 29.3 Å². The molecule has 6 heteroatoms. The fraction of sp³-hybridized carbons (Fsp3) is 0.529. The summed E-state index contributed by atoms with van der Waals surface area (Å²) < 4.78 is 10.7. The molecule has 3 rings (SSSR count). The van der Waals surface area contributed by atoms with Gasteiger partial charge in [0.05, 0.1) is 12.0 Å². The van der Waals surface area contributed by atoms with Gasteiger partial charge in [-0.25, -0.2) is 4.79 Å². The van der Waals surface area contributed by atoms with Crippen molar-refractivity contribution in [2.75, 3.05) is 0 Å². The molecular formula is C17H20O6. The van der Waals surface area contributed by atoms with Crippen LogP contribution in [0.5, 0.6) is 0 Å². The predicted octanol–water partition coefficient (Wildman–Crippen LogP) is 0.500. The molecule has 7 atom stereocenters. The number of carbonyl (C=O) groups excluding carboxylic acids is 2. The van der Waals surface area contributed by atoms with Crippen molar-refractivity contribution in [2.45, 2.75) is 37.8 Å². The molecule has 2 aliphatic carbocycles. The summed E-state index contributed by atoms with van der Waals surface area (Å²) in [5.74, 6) is -2.39. The van der Waals surface area contributed by atoms with E-state index < -0.39 is 42.3 Å². The molecule has 1 heterocycles. The molecule has 124 valence electrons. The van der Waals surface area contributed by atoms with Crippen LogP contribution in [0, 0.1) is 17.8 Å². The predicted molar refractivity (Wildman–Crippen MR) is 80.0 cm³/mol. The van der Waals surface area contributed by atoms with Gasteiger partial charge in [-0.1, -0.05) is 19.7 Å². The molecule has 1 saturated heterocycles. The third-order valence-electron chi connectivity index (χ3n) is 5.21. The lowest BCUT2D eigenvalue weighted by atomic mass is 9.81. The van der Waals surface area contributed by atoms with Crippen LogP contribution in [0.25, 0.3) is 0 Å². The summed E-state index contributed by atoms with van der Waals surface area (Å²) in [5, 5.41) is 20.8. The van der Waals surface area contributed by atoms with Gasteiger partial charge in [0.2, 0.25) is 0 Å². The van der Waals surface area contributed by atoms with Gasteiger partial charge in [0, 0.05) is 18.4 Å². The molecule has 0 aromatic rings. The molecule has 6 nitrogen and oxygen atoms in total. The highest BCUT2D eigenvalue weighted by atomic mass is 16.6. The van der Waals surface area contributed by atoms with Crippen molar-refractivity contribution in [2.24, 2.45) is 17.8 Å². The van der Waals surface area contributed by atoms with E-state index in [0.717, 1.165) is 0 Å². The zero-order chi connectivity index (χ0) is 17.0. The van der Waals surface area contributed by atoms with Crippen LogP contribution in [-0.2, 0) is 19.1 Å². The summed E-state index contributed by atoms with van der Waals surface area (Å²) >= 11 is 0. The van der Waals surface area contributed by atoms with Crippen LogP contribution in [0.3, 0.4) is 0 Å². The fourth-order valence-corrected chi connectivity index (χ4v) is 4.09. The molecule has 0 spiro atoms. The SMILES string of the molecule is C=C1C(O)C(O)C2C(=C)C(=O)OC2C2C(=C)C(OC(C)=O)CC12. The van der Waals surface area contributed by atoms with Crippen LogP contribution in [0.4, 0.5) is 0 Å². The Balaban J connectivity index is 2.02. The second-order valence-electron chi connectivity index (χ2n) is 6.47. The minimum atomic E-state index is -1.21. The van der Waals surface area contributed by atoms with Gasteiger partial charge in [-0.2, -0.15) is 0 Å². The van der Waals surface area contributed by atoms with Crippen molar-refractivity contribution in [3.63, 3.8) is 0 Å². The molecule has 0 bridgehead atoms. The first-order valence-corrected chi connectivity index (χ1v) is 7.54. The van der Waals surface area contributed by atoms with Gasteiger partial charge in [-0.05, 0) is 23.5 Å². The first-order valence-electron chi connectivity index (χ1n) is 7.54. The molecule has 0 aromatic carbocycles. The average molecular weight is 320 g/mol. The van der Waals surface area contributed by atoms with Gasteiger partial charge in [-0.3, -0.25) is 4.79 Å². The highest BCUT2D eigenvalue weighted by Gasteiger charge is 2.58. The number of carbonyl (C=O) groups is 2. The molecule has 0 amide bonds. The van der Waals surface area contributed by atoms with E-state index in [1.807, 2.05) is 0 Å². The zero-order valence-electron chi connectivity index (χ0n) is 12.9. The first kappa shape index (κ1) is 16.0. The van der Waals surface area contributed by atoms with Gasteiger partial charge in [0.25, 0.3) is 0 Å². The highest BCUT2D eigenvalue weighted by molar-refractivity contribution is 5.91. The molecule has 3 aliphatic rings. The third kappa shape index (κ3) is 2.24. The van der Waals surface area contributed by atoms with E-state index >= 15 is 0 Å². The minimum Gasteiger partial charge on any atom is -0.458 e. The van der Waals surface area contributed by atoms with E-state index in [1.165, 1.54) is 6.92 Å². The molecule has 1 aliphatic heterocycles. The summed E-state index contributed by atoms with van der Waals surface area (Å²) in [6.45, 7) is 12.9. The molecule has 7 unspecified atom stereocenters. The smallest absolute Gasteiger partial charge is 0.334 e. The Morgan fingerprint density at radius 1 is 1.22 bits per heavy atom. The standard InChI is InChI=1S/C17H20O6/c1-6-10-5-11(22-9(4)18)7(2)12(10)16-13(15(20)14(6)19)8(3)17(21)23-16/h10-16,19-20H,1-3,5H2,4H3.